The molecule has 0 fully saturated rings. The normalized spacial score (nSPS) is 17.0. The summed E-state index contributed by atoms with van der Waals surface area (Å²) in [5.41, 5.74) is 1.97. The van der Waals surface area contributed by atoms with Gasteiger partial charge in [-0.2, -0.15) is 5.10 Å². The van der Waals surface area contributed by atoms with Crippen molar-refractivity contribution in [3.63, 3.8) is 0 Å². The van der Waals surface area contributed by atoms with Crippen molar-refractivity contribution in [2.24, 2.45) is 5.10 Å². The van der Waals surface area contributed by atoms with E-state index in [2.05, 4.69) is 9.82 Å². The quantitative estimate of drug-likeness (QED) is 0.784. The Labute approximate surface area is 159 Å². The van der Waals surface area contributed by atoms with Gasteiger partial charge in [0, 0.05) is 18.5 Å². The number of furan rings is 1. The minimum absolute atomic E-state index is 0.00195. The van der Waals surface area contributed by atoms with Crippen molar-refractivity contribution in [1.29, 1.82) is 0 Å². The molecule has 0 saturated heterocycles. The van der Waals surface area contributed by atoms with Gasteiger partial charge in [-0.05, 0) is 43.2 Å². The van der Waals surface area contributed by atoms with Crippen LogP contribution in [0.4, 0.5) is 5.69 Å². The van der Waals surface area contributed by atoms with Crippen LogP contribution >= 0.6 is 0 Å². The number of nitrogens with one attached hydrogen (secondary N) is 1. The highest BCUT2D eigenvalue weighted by atomic mass is 32.2. The number of benzene rings is 1. The second kappa shape index (κ2) is 7.96. The summed E-state index contributed by atoms with van der Waals surface area (Å²) in [6.07, 6.45) is 3.23. The molecule has 144 valence electrons. The Morgan fingerprint density at radius 1 is 1.30 bits per heavy atom. The fourth-order valence-electron chi connectivity index (χ4n) is 2.96. The molecule has 0 bridgehead atoms. The lowest BCUT2D eigenvalue weighted by molar-refractivity contribution is -0.133. The number of nitrogens with zero attached hydrogens (tertiary/aromatic N) is 2. The predicted octanol–water partition coefficient (Wildman–Crippen LogP) is 3.52. The number of rotatable bonds is 7. The van der Waals surface area contributed by atoms with Crippen LogP contribution in [0.1, 0.15) is 50.5 Å². The molecule has 1 aliphatic rings. The summed E-state index contributed by atoms with van der Waals surface area (Å²) in [5.74, 6) is 0.621. The van der Waals surface area contributed by atoms with E-state index in [1.807, 2.05) is 19.1 Å². The van der Waals surface area contributed by atoms with E-state index in [9.17, 15) is 13.2 Å². The largest absolute Gasteiger partial charge is 0.467 e. The predicted molar refractivity (Wildman–Crippen MR) is 104 cm³/mol. The van der Waals surface area contributed by atoms with E-state index >= 15 is 0 Å². The van der Waals surface area contributed by atoms with E-state index in [4.69, 9.17) is 4.42 Å². The minimum atomic E-state index is -3.36. The fourth-order valence-corrected chi connectivity index (χ4v) is 3.59. The lowest BCUT2D eigenvalue weighted by Gasteiger charge is -2.19. The minimum Gasteiger partial charge on any atom is -0.467 e. The average Bonchev–Trinajstić information content (AvgIpc) is 3.31. The highest BCUT2D eigenvalue weighted by Gasteiger charge is 2.34. The van der Waals surface area contributed by atoms with E-state index in [0.717, 1.165) is 17.7 Å². The first kappa shape index (κ1) is 19.2. The van der Waals surface area contributed by atoms with Crippen molar-refractivity contribution in [3.8, 4) is 0 Å². The summed E-state index contributed by atoms with van der Waals surface area (Å²) in [6.45, 7) is 3.53. The molecule has 1 aromatic heterocycles. The maximum atomic E-state index is 12.5. The van der Waals surface area contributed by atoms with Gasteiger partial charge in [0.25, 0.3) is 0 Å². The van der Waals surface area contributed by atoms with Crippen molar-refractivity contribution in [1.82, 2.24) is 5.01 Å². The van der Waals surface area contributed by atoms with Crippen molar-refractivity contribution in [3.05, 3.63) is 54.0 Å². The van der Waals surface area contributed by atoms with Gasteiger partial charge in [-0.3, -0.25) is 9.52 Å². The molecule has 0 saturated carbocycles. The average molecular weight is 389 g/mol. The standard InChI is InChI=1S/C19H23N3O4S/c1-3-7-19(23)22-17(18-10-6-11-26-18)13-16(20-22)14-8-5-9-15(12-14)21-27(24,25)4-2/h5-6,8-12,17,21H,3-4,7,13H2,1-2H3/t17-/m1/s1. The van der Waals surface area contributed by atoms with Crippen LogP contribution < -0.4 is 4.72 Å². The number of carbonyl (C=O) groups is 1. The molecule has 1 N–H and O–H groups in total. The second-order valence-corrected chi connectivity index (χ2v) is 8.37. The molecule has 0 unspecified atom stereocenters. The molecule has 8 heteroatoms. The van der Waals surface area contributed by atoms with Gasteiger partial charge in [0.2, 0.25) is 15.9 Å². The van der Waals surface area contributed by atoms with Crippen molar-refractivity contribution < 1.29 is 17.6 Å². The number of sulfonamides is 1. The van der Waals surface area contributed by atoms with E-state index in [-0.39, 0.29) is 17.7 Å². The molecule has 3 rings (SSSR count). The van der Waals surface area contributed by atoms with Gasteiger partial charge in [0.15, 0.2) is 0 Å². The molecule has 1 amide bonds. The lowest BCUT2D eigenvalue weighted by atomic mass is 10.0. The van der Waals surface area contributed by atoms with Crippen molar-refractivity contribution >= 4 is 27.3 Å². The summed E-state index contributed by atoms with van der Waals surface area (Å²) in [6, 6.07) is 10.4. The molecule has 1 atom stereocenters. The third-order valence-electron chi connectivity index (χ3n) is 4.35. The van der Waals surface area contributed by atoms with E-state index in [1.165, 1.54) is 5.01 Å². The molecular formula is C19H23N3O4S. The summed E-state index contributed by atoms with van der Waals surface area (Å²) in [5, 5.41) is 6.02. The van der Waals surface area contributed by atoms with Gasteiger partial charge in [-0.25, -0.2) is 13.4 Å². The van der Waals surface area contributed by atoms with E-state index < -0.39 is 10.0 Å². The van der Waals surface area contributed by atoms with Crippen LogP contribution in [0.15, 0.2) is 52.2 Å². The molecule has 0 spiro atoms. The monoisotopic (exact) mass is 389 g/mol. The second-order valence-electron chi connectivity index (χ2n) is 6.36. The number of hydrogen-bond acceptors (Lipinski definition) is 5. The number of hydrogen-bond donors (Lipinski definition) is 1. The summed E-state index contributed by atoms with van der Waals surface area (Å²) >= 11 is 0. The van der Waals surface area contributed by atoms with Gasteiger partial charge in [-0.1, -0.05) is 19.1 Å². The Kier molecular flexibility index (Phi) is 5.65. The zero-order valence-corrected chi connectivity index (χ0v) is 16.2. The van der Waals surface area contributed by atoms with Gasteiger partial charge < -0.3 is 4.42 Å². The molecular weight excluding hydrogens is 366 g/mol. The molecule has 0 radical (unpaired) electrons. The van der Waals surface area contributed by atoms with Crippen LogP contribution in [0.5, 0.6) is 0 Å². The molecule has 7 nitrogen and oxygen atoms in total. The fraction of sp³-hybridized carbons (Fsp3) is 0.368. The maximum Gasteiger partial charge on any atom is 0.243 e. The van der Waals surface area contributed by atoms with Gasteiger partial charge in [0.1, 0.15) is 11.8 Å². The third-order valence-corrected chi connectivity index (χ3v) is 5.66. The molecule has 0 aliphatic carbocycles. The highest BCUT2D eigenvalue weighted by molar-refractivity contribution is 7.92. The Bertz CT molecular complexity index is 936. The van der Waals surface area contributed by atoms with Crippen LogP contribution in [-0.2, 0) is 14.8 Å². The highest BCUT2D eigenvalue weighted by Crippen LogP contribution is 2.34. The van der Waals surface area contributed by atoms with Gasteiger partial charge >= 0.3 is 0 Å². The van der Waals surface area contributed by atoms with Crippen LogP contribution in [0.3, 0.4) is 0 Å². The first-order valence-electron chi connectivity index (χ1n) is 8.97. The number of anilines is 1. The number of hydrazone groups is 1. The van der Waals surface area contributed by atoms with Crippen LogP contribution in [0, 0.1) is 0 Å². The summed E-state index contributed by atoms with van der Waals surface area (Å²) in [7, 11) is -3.36. The smallest absolute Gasteiger partial charge is 0.243 e. The molecule has 1 aliphatic heterocycles. The third kappa shape index (κ3) is 4.39. The first-order valence-corrected chi connectivity index (χ1v) is 10.6. The van der Waals surface area contributed by atoms with E-state index in [1.54, 1.807) is 37.5 Å². The SMILES string of the molecule is CCCC(=O)N1N=C(c2cccc(NS(=O)(=O)CC)c2)C[C@@H]1c1ccco1. The van der Waals surface area contributed by atoms with Crippen LogP contribution in [0.2, 0.25) is 0 Å². The first-order chi connectivity index (χ1) is 12.9. The van der Waals surface area contributed by atoms with Crippen LogP contribution in [0.25, 0.3) is 0 Å². The molecule has 2 aromatic rings. The summed E-state index contributed by atoms with van der Waals surface area (Å²) in [4.78, 5) is 12.5. The Morgan fingerprint density at radius 2 is 2.11 bits per heavy atom. The zero-order chi connectivity index (χ0) is 19.4. The topological polar surface area (TPSA) is 92.0 Å². The van der Waals surface area contributed by atoms with Crippen molar-refractivity contribution in [2.75, 3.05) is 10.5 Å². The Morgan fingerprint density at radius 3 is 2.78 bits per heavy atom. The lowest BCUT2D eigenvalue weighted by Crippen LogP contribution is -2.26. The van der Waals surface area contributed by atoms with Crippen molar-refractivity contribution in [2.45, 2.75) is 39.2 Å². The number of amides is 1. The van der Waals surface area contributed by atoms with Crippen LogP contribution in [-0.4, -0.2) is 30.8 Å². The Hall–Kier alpha value is -2.61. The maximum absolute atomic E-state index is 12.5. The van der Waals surface area contributed by atoms with Gasteiger partial charge in [0.05, 0.1) is 17.7 Å². The summed E-state index contributed by atoms with van der Waals surface area (Å²) < 4.78 is 31.7. The molecule has 27 heavy (non-hydrogen) atoms. The Balaban J connectivity index is 1.90. The molecule has 2 heterocycles. The number of carbonyl (C=O) groups excluding carboxylic acids is 1. The van der Waals surface area contributed by atoms with Gasteiger partial charge in [-0.15, -0.1) is 0 Å². The zero-order valence-electron chi connectivity index (χ0n) is 15.4. The van der Waals surface area contributed by atoms with E-state index in [0.29, 0.717) is 24.3 Å². The molecule has 1 aromatic carbocycles.